The lowest BCUT2D eigenvalue weighted by atomic mass is 10.2. The number of anilines is 1. The quantitative estimate of drug-likeness (QED) is 0.653. The van der Waals surface area contributed by atoms with Gasteiger partial charge in [0.1, 0.15) is 10.8 Å². The predicted octanol–water partition coefficient (Wildman–Crippen LogP) is 3.77. The molecule has 0 aliphatic heterocycles. The number of thiazole rings is 1. The Labute approximate surface area is 174 Å². The molecule has 2 aromatic heterocycles. The summed E-state index contributed by atoms with van der Waals surface area (Å²) in [6.45, 7) is 0. The minimum atomic E-state index is -5.08. The van der Waals surface area contributed by atoms with Crippen LogP contribution in [0.2, 0.25) is 0 Å². The van der Waals surface area contributed by atoms with Gasteiger partial charge in [-0.1, -0.05) is 0 Å². The Bertz CT molecular complexity index is 970. The summed E-state index contributed by atoms with van der Waals surface area (Å²) in [6, 6.07) is 7.90. The summed E-state index contributed by atoms with van der Waals surface area (Å²) >= 11 is 1.60. The third-order valence-corrected chi connectivity index (χ3v) is 4.86. The summed E-state index contributed by atoms with van der Waals surface area (Å²) in [5, 5.41) is 10.1. The van der Waals surface area contributed by atoms with Crippen molar-refractivity contribution >= 4 is 28.9 Å². The zero-order chi connectivity index (χ0) is 22.3. The van der Waals surface area contributed by atoms with Crippen molar-refractivity contribution in [3.05, 3.63) is 54.1 Å². The molecule has 3 rings (SSSR count). The van der Waals surface area contributed by atoms with Gasteiger partial charge < -0.3 is 14.6 Å². The predicted molar refractivity (Wildman–Crippen MR) is 106 cm³/mol. The molecule has 0 bridgehead atoms. The van der Waals surface area contributed by atoms with Crippen molar-refractivity contribution < 1.29 is 27.9 Å². The first-order chi connectivity index (χ1) is 14.1. The summed E-state index contributed by atoms with van der Waals surface area (Å²) in [4.78, 5) is 31.5. The zero-order valence-corrected chi connectivity index (χ0v) is 16.9. The second-order valence-corrected chi connectivity index (χ2v) is 6.99. The summed E-state index contributed by atoms with van der Waals surface area (Å²) < 4.78 is 33.7. The van der Waals surface area contributed by atoms with E-state index in [0.717, 1.165) is 22.1 Å². The van der Waals surface area contributed by atoms with Crippen LogP contribution in [0.4, 0.5) is 18.9 Å². The first-order valence-electron chi connectivity index (χ1n) is 8.62. The SMILES string of the molecule is CN(C(=O)CCc1nccn1C)c1ccc(-c2nccs2)cc1.O=C(O)C(F)(F)F. The summed E-state index contributed by atoms with van der Waals surface area (Å²) in [5.41, 5.74) is 1.95. The van der Waals surface area contributed by atoms with Crippen LogP contribution in [0.15, 0.2) is 48.2 Å². The molecule has 0 aliphatic rings. The van der Waals surface area contributed by atoms with Gasteiger partial charge in [0.25, 0.3) is 0 Å². The van der Waals surface area contributed by atoms with Crippen LogP contribution in [0.5, 0.6) is 0 Å². The van der Waals surface area contributed by atoms with Gasteiger partial charge in [0.2, 0.25) is 5.91 Å². The maximum absolute atomic E-state index is 12.3. The highest BCUT2D eigenvalue weighted by Crippen LogP contribution is 2.24. The molecule has 1 amide bonds. The van der Waals surface area contributed by atoms with Crippen LogP contribution in [-0.4, -0.2) is 44.7 Å². The Morgan fingerprint density at radius 3 is 2.27 bits per heavy atom. The van der Waals surface area contributed by atoms with Crippen LogP contribution in [0.1, 0.15) is 12.2 Å². The maximum Gasteiger partial charge on any atom is 0.490 e. The number of aliphatic carboxylic acids is 1. The molecule has 0 aliphatic carbocycles. The minimum absolute atomic E-state index is 0.0787. The molecule has 0 saturated heterocycles. The first kappa shape index (κ1) is 23.1. The lowest BCUT2D eigenvalue weighted by Crippen LogP contribution is -2.26. The molecule has 3 aromatic rings. The van der Waals surface area contributed by atoms with Crippen LogP contribution >= 0.6 is 11.3 Å². The topological polar surface area (TPSA) is 88.3 Å². The number of imidazole rings is 1. The smallest absolute Gasteiger partial charge is 0.475 e. The van der Waals surface area contributed by atoms with Crippen molar-refractivity contribution in [2.75, 3.05) is 11.9 Å². The van der Waals surface area contributed by atoms with E-state index in [-0.39, 0.29) is 5.91 Å². The normalized spacial score (nSPS) is 10.8. The molecule has 1 N–H and O–H groups in total. The van der Waals surface area contributed by atoms with Gasteiger partial charge in [-0.05, 0) is 24.3 Å². The van der Waals surface area contributed by atoms with Crippen LogP contribution in [0, 0.1) is 0 Å². The molecule has 1 aromatic carbocycles. The number of benzene rings is 1. The van der Waals surface area contributed by atoms with Crippen LogP contribution < -0.4 is 4.90 Å². The molecule has 0 radical (unpaired) electrons. The van der Waals surface area contributed by atoms with E-state index in [1.54, 1.807) is 35.7 Å². The van der Waals surface area contributed by atoms with Gasteiger partial charge in [0.15, 0.2) is 0 Å². The average molecular weight is 440 g/mol. The van der Waals surface area contributed by atoms with Gasteiger partial charge in [-0.25, -0.2) is 14.8 Å². The average Bonchev–Trinajstić information content (AvgIpc) is 3.37. The molecule has 7 nitrogen and oxygen atoms in total. The fraction of sp³-hybridized carbons (Fsp3) is 0.263. The second-order valence-electron chi connectivity index (χ2n) is 6.09. The number of aryl methyl sites for hydroxylation is 2. The third-order valence-electron chi connectivity index (χ3n) is 4.03. The first-order valence-corrected chi connectivity index (χ1v) is 9.50. The van der Waals surface area contributed by atoms with Crippen molar-refractivity contribution in [3.8, 4) is 10.6 Å². The highest BCUT2D eigenvalue weighted by Gasteiger charge is 2.38. The number of hydrogen-bond acceptors (Lipinski definition) is 5. The van der Waals surface area contributed by atoms with Gasteiger partial charge in [-0.2, -0.15) is 13.2 Å². The Balaban J connectivity index is 0.000000396. The summed E-state index contributed by atoms with van der Waals surface area (Å²) in [5.74, 6) is -1.76. The molecule has 0 spiro atoms. The zero-order valence-electron chi connectivity index (χ0n) is 16.1. The second kappa shape index (κ2) is 10.0. The van der Waals surface area contributed by atoms with Gasteiger partial charge in [0.05, 0.1) is 0 Å². The lowest BCUT2D eigenvalue weighted by molar-refractivity contribution is -0.192. The van der Waals surface area contributed by atoms with Gasteiger partial charge in [-0.15, -0.1) is 11.3 Å². The molecular weight excluding hydrogens is 421 g/mol. The highest BCUT2D eigenvalue weighted by molar-refractivity contribution is 7.13. The Morgan fingerprint density at radius 2 is 1.80 bits per heavy atom. The minimum Gasteiger partial charge on any atom is -0.475 e. The molecule has 30 heavy (non-hydrogen) atoms. The van der Waals surface area contributed by atoms with E-state index in [1.165, 1.54) is 0 Å². The number of carbonyl (C=O) groups excluding carboxylic acids is 1. The van der Waals surface area contributed by atoms with E-state index in [1.807, 2.05) is 47.5 Å². The highest BCUT2D eigenvalue weighted by atomic mass is 32.1. The van der Waals surface area contributed by atoms with Crippen LogP contribution in [0.25, 0.3) is 10.6 Å². The Kier molecular flexibility index (Phi) is 7.70. The number of aromatic nitrogens is 3. The molecule has 0 saturated carbocycles. The van der Waals surface area contributed by atoms with E-state index in [9.17, 15) is 18.0 Å². The number of rotatable bonds is 5. The Morgan fingerprint density at radius 1 is 1.17 bits per heavy atom. The van der Waals surface area contributed by atoms with Crippen LogP contribution in [0.3, 0.4) is 0 Å². The summed E-state index contributed by atoms with van der Waals surface area (Å²) in [6.07, 6.45) is 1.43. The van der Waals surface area contributed by atoms with Crippen molar-refractivity contribution in [1.29, 1.82) is 0 Å². The van der Waals surface area contributed by atoms with E-state index in [4.69, 9.17) is 9.90 Å². The largest absolute Gasteiger partial charge is 0.490 e. The van der Waals surface area contributed by atoms with Crippen molar-refractivity contribution in [3.63, 3.8) is 0 Å². The fourth-order valence-corrected chi connectivity index (χ4v) is 3.01. The number of carboxylic acids is 1. The molecule has 11 heteroatoms. The molecule has 160 valence electrons. The third kappa shape index (κ3) is 6.41. The lowest BCUT2D eigenvalue weighted by Gasteiger charge is -2.17. The van der Waals surface area contributed by atoms with Gasteiger partial charge >= 0.3 is 12.1 Å². The number of amides is 1. The van der Waals surface area contributed by atoms with E-state index in [0.29, 0.717) is 12.8 Å². The summed E-state index contributed by atoms with van der Waals surface area (Å²) in [7, 11) is 3.74. The number of alkyl halides is 3. The molecule has 0 unspecified atom stereocenters. The van der Waals surface area contributed by atoms with E-state index >= 15 is 0 Å². The molecule has 2 heterocycles. The van der Waals surface area contributed by atoms with Gasteiger partial charge in [0, 0.05) is 62.2 Å². The Hall–Kier alpha value is -3.21. The molecule has 0 atom stereocenters. The number of halogens is 3. The number of nitrogens with zero attached hydrogens (tertiary/aromatic N) is 4. The standard InChI is InChI=1S/C17H18N4OS.C2HF3O2/c1-20-11-9-18-15(20)7-8-16(22)21(2)14-5-3-13(4-6-14)17-19-10-12-23-17;3-2(4,5)1(6)7/h3-6,9-12H,7-8H2,1-2H3;(H,6,7). The number of hydrogen-bond donors (Lipinski definition) is 1. The van der Waals surface area contributed by atoms with E-state index in [2.05, 4.69) is 9.97 Å². The van der Waals surface area contributed by atoms with Crippen LogP contribution in [-0.2, 0) is 23.1 Å². The monoisotopic (exact) mass is 440 g/mol. The maximum atomic E-state index is 12.3. The number of carboxylic acid groups (broad SMARTS) is 1. The van der Waals surface area contributed by atoms with Crippen molar-refractivity contribution in [2.24, 2.45) is 7.05 Å². The molecular formula is C19H19F3N4O3S. The van der Waals surface area contributed by atoms with Gasteiger partial charge in [-0.3, -0.25) is 4.79 Å². The number of carbonyl (C=O) groups is 2. The molecule has 0 fully saturated rings. The van der Waals surface area contributed by atoms with Crippen molar-refractivity contribution in [2.45, 2.75) is 19.0 Å². The van der Waals surface area contributed by atoms with E-state index < -0.39 is 12.1 Å². The fourth-order valence-electron chi connectivity index (χ4n) is 2.36. The van der Waals surface area contributed by atoms with Crippen molar-refractivity contribution in [1.82, 2.24) is 14.5 Å².